The van der Waals surface area contributed by atoms with E-state index < -0.39 is 35.8 Å². The number of nitrogens with one attached hydrogen (secondary N) is 1. The molecule has 1 amide bonds. The van der Waals surface area contributed by atoms with E-state index in [0.717, 1.165) is 12.3 Å². The van der Waals surface area contributed by atoms with E-state index in [1.807, 2.05) is 0 Å². The molecule has 0 heterocycles. The van der Waals surface area contributed by atoms with Crippen molar-refractivity contribution in [2.24, 2.45) is 5.10 Å². The third-order valence-electron chi connectivity index (χ3n) is 2.13. The summed E-state index contributed by atoms with van der Waals surface area (Å²) in [6.45, 7) is -0.410. The summed E-state index contributed by atoms with van der Waals surface area (Å²) in [5.41, 5.74) is 5.57. The summed E-state index contributed by atoms with van der Waals surface area (Å²) < 4.78 is 0. The van der Waals surface area contributed by atoms with Crippen molar-refractivity contribution in [2.75, 3.05) is 6.61 Å². The minimum atomic E-state index is -0.844. The number of hydrazone groups is 1. The minimum absolute atomic E-state index is 0.107. The fraction of sp³-hybridized carbons (Fsp3) is 0.200. The summed E-state index contributed by atoms with van der Waals surface area (Å²) in [6, 6.07) is 1.62. The van der Waals surface area contributed by atoms with Crippen LogP contribution in [-0.2, 0) is 4.79 Å². The second kappa shape index (κ2) is 5.84. The average Bonchev–Trinajstić information content (AvgIpc) is 2.37. The van der Waals surface area contributed by atoms with Gasteiger partial charge in [-0.25, -0.2) is 5.43 Å². The molecule has 0 aliphatic rings. The van der Waals surface area contributed by atoms with E-state index in [9.17, 15) is 15.0 Å². The summed E-state index contributed by atoms with van der Waals surface area (Å²) >= 11 is 0. The van der Waals surface area contributed by atoms with Gasteiger partial charge in [-0.05, 0) is 12.1 Å². The molecule has 8 N–H and O–H groups in total. The van der Waals surface area contributed by atoms with Crippen LogP contribution in [0.5, 0.6) is 17.2 Å². The lowest BCUT2D eigenvalue weighted by molar-refractivity contribution is -0.409. The van der Waals surface area contributed by atoms with Crippen LogP contribution in [0, 0.1) is 0 Å². The number of hydrogen-bond donors (Lipinski definition) is 6. The van der Waals surface area contributed by atoms with Gasteiger partial charge in [-0.3, -0.25) is 4.79 Å². The largest absolute Gasteiger partial charge is 0.504 e. The third-order valence-corrected chi connectivity index (χ3v) is 2.13. The molecule has 0 unspecified atom stereocenters. The molecule has 1 rings (SSSR count). The van der Waals surface area contributed by atoms with Crippen LogP contribution >= 0.6 is 0 Å². The Hall–Kier alpha value is -2.32. The number of rotatable bonds is 4. The zero-order valence-electron chi connectivity index (χ0n) is 9.37. The van der Waals surface area contributed by atoms with E-state index in [-0.39, 0.29) is 5.56 Å². The lowest BCUT2D eigenvalue weighted by Crippen LogP contribution is -2.68. The Morgan fingerprint density at radius 1 is 1.39 bits per heavy atom. The van der Waals surface area contributed by atoms with Gasteiger partial charge in [0.1, 0.15) is 6.61 Å². The van der Waals surface area contributed by atoms with Crippen molar-refractivity contribution in [3.05, 3.63) is 17.7 Å². The van der Waals surface area contributed by atoms with Gasteiger partial charge < -0.3 is 26.2 Å². The van der Waals surface area contributed by atoms with Crippen LogP contribution < -0.4 is 11.2 Å². The molecule has 0 saturated heterocycles. The summed E-state index contributed by atoms with van der Waals surface area (Å²) in [4.78, 5) is 11.2. The average molecular weight is 256 g/mol. The summed E-state index contributed by atoms with van der Waals surface area (Å²) in [5.74, 6) is -2.28. The molecule has 0 aliphatic carbocycles. The number of nitrogens with zero attached hydrogens (tertiary/aromatic N) is 1. The molecule has 1 atom stereocenters. The summed E-state index contributed by atoms with van der Waals surface area (Å²) in [7, 11) is 0. The second-order valence-electron chi connectivity index (χ2n) is 3.48. The fourth-order valence-electron chi connectivity index (χ4n) is 1.03. The Labute approximate surface area is 102 Å². The molecular weight excluding hydrogens is 242 g/mol. The minimum Gasteiger partial charge on any atom is -0.504 e. The Morgan fingerprint density at radius 3 is 2.67 bits per heavy atom. The van der Waals surface area contributed by atoms with Crippen molar-refractivity contribution in [3.63, 3.8) is 0 Å². The van der Waals surface area contributed by atoms with Crippen LogP contribution in [0.4, 0.5) is 0 Å². The highest BCUT2D eigenvalue weighted by Gasteiger charge is 2.14. The topological polar surface area (TPSA) is 150 Å². The number of hydrogen-bond acceptors (Lipinski definition) is 6. The number of aromatic hydroxyl groups is 3. The third kappa shape index (κ3) is 3.09. The first-order valence-corrected chi connectivity index (χ1v) is 4.98. The van der Waals surface area contributed by atoms with Crippen LogP contribution in [-0.4, -0.2) is 45.2 Å². The molecule has 0 fully saturated rings. The van der Waals surface area contributed by atoms with E-state index in [1.54, 1.807) is 0 Å². The number of carbonyl (C=O) groups is 1. The zero-order valence-corrected chi connectivity index (χ0v) is 9.37. The molecule has 1 aromatic rings. The van der Waals surface area contributed by atoms with Crippen LogP contribution in [0.2, 0.25) is 0 Å². The van der Waals surface area contributed by atoms with Gasteiger partial charge in [0.15, 0.2) is 17.5 Å². The molecule has 0 aromatic heterocycles. The molecule has 0 radical (unpaired) electrons. The number of phenolic OH excluding ortho intramolecular Hbond substituents is 3. The van der Waals surface area contributed by atoms with E-state index in [0.29, 0.717) is 0 Å². The fourth-order valence-corrected chi connectivity index (χ4v) is 1.03. The number of aliphatic hydroxyl groups is 1. The predicted octanol–water partition coefficient (Wildman–Crippen LogP) is -2.14. The highest BCUT2D eigenvalue weighted by Crippen LogP contribution is 2.36. The number of quaternary nitrogens is 1. The quantitative estimate of drug-likeness (QED) is 0.206. The van der Waals surface area contributed by atoms with Gasteiger partial charge in [0, 0.05) is 5.56 Å². The lowest BCUT2D eigenvalue weighted by atomic mass is 10.2. The Kier molecular flexibility index (Phi) is 4.46. The molecule has 0 aliphatic heterocycles. The van der Waals surface area contributed by atoms with Gasteiger partial charge in [-0.15, -0.1) is 0 Å². The summed E-state index contributed by atoms with van der Waals surface area (Å²) in [5, 5.41) is 39.9. The van der Waals surface area contributed by atoms with Crippen molar-refractivity contribution in [2.45, 2.75) is 6.04 Å². The molecule has 1 aromatic carbocycles. The standard InChI is InChI=1S/C10H13N3O5/c11-6(4-14)10(18)13-12-3-5-1-2-7(15)9(17)8(5)16/h1-3,6,14-17H,4,11H2,(H,13,18)/p+1/b12-3+/t6-/m0/s1. The molecule has 8 nitrogen and oxygen atoms in total. The normalized spacial score (nSPS) is 12.6. The van der Waals surface area contributed by atoms with Crippen LogP contribution in [0.25, 0.3) is 0 Å². The summed E-state index contributed by atoms with van der Waals surface area (Å²) in [6.07, 6.45) is 1.08. The Morgan fingerprint density at radius 2 is 2.06 bits per heavy atom. The van der Waals surface area contributed by atoms with Crippen molar-refractivity contribution in [1.29, 1.82) is 0 Å². The Balaban J connectivity index is 2.74. The monoisotopic (exact) mass is 256 g/mol. The van der Waals surface area contributed by atoms with E-state index in [2.05, 4.69) is 16.3 Å². The molecule has 0 saturated carbocycles. The SMILES string of the molecule is [NH3+][C@@H](CO)C(=O)N/N=C/c1ccc(O)c(O)c1O. The molecule has 0 spiro atoms. The first kappa shape index (κ1) is 13.7. The predicted molar refractivity (Wildman–Crippen MR) is 60.9 cm³/mol. The van der Waals surface area contributed by atoms with Gasteiger partial charge in [0.05, 0.1) is 6.21 Å². The van der Waals surface area contributed by atoms with Gasteiger partial charge in [-0.2, -0.15) is 5.10 Å². The smallest absolute Gasteiger partial charge is 0.300 e. The molecule has 18 heavy (non-hydrogen) atoms. The molecule has 8 heteroatoms. The van der Waals surface area contributed by atoms with Crippen molar-refractivity contribution in [1.82, 2.24) is 5.43 Å². The van der Waals surface area contributed by atoms with Crippen LogP contribution in [0.15, 0.2) is 17.2 Å². The van der Waals surface area contributed by atoms with Gasteiger partial charge >= 0.3 is 5.91 Å². The van der Waals surface area contributed by atoms with Crippen molar-refractivity contribution < 1.29 is 31.0 Å². The number of aliphatic hydroxyl groups excluding tert-OH is 1. The van der Waals surface area contributed by atoms with E-state index in [1.165, 1.54) is 6.07 Å². The highest BCUT2D eigenvalue weighted by atomic mass is 16.3. The van der Waals surface area contributed by atoms with E-state index in [4.69, 9.17) is 10.2 Å². The van der Waals surface area contributed by atoms with Gasteiger partial charge in [0.2, 0.25) is 5.75 Å². The lowest BCUT2D eigenvalue weighted by Gasteiger charge is -2.04. The first-order valence-electron chi connectivity index (χ1n) is 4.98. The Bertz CT molecular complexity index is 475. The zero-order chi connectivity index (χ0) is 13.7. The number of amides is 1. The second-order valence-corrected chi connectivity index (χ2v) is 3.48. The van der Waals surface area contributed by atoms with Crippen molar-refractivity contribution in [3.8, 4) is 17.2 Å². The number of benzene rings is 1. The molecular formula is C10H14N3O5+. The molecule has 98 valence electrons. The van der Waals surface area contributed by atoms with Crippen molar-refractivity contribution >= 4 is 12.1 Å². The maximum Gasteiger partial charge on any atom is 0.300 e. The number of carbonyl (C=O) groups excluding carboxylic acids is 1. The maximum atomic E-state index is 11.2. The van der Waals surface area contributed by atoms with E-state index >= 15 is 0 Å². The maximum absolute atomic E-state index is 11.2. The number of phenols is 3. The van der Waals surface area contributed by atoms with Crippen LogP contribution in [0.3, 0.4) is 0 Å². The molecule has 0 bridgehead atoms. The van der Waals surface area contributed by atoms with Crippen LogP contribution in [0.1, 0.15) is 5.56 Å². The van der Waals surface area contributed by atoms with Gasteiger partial charge in [0.25, 0.3) is 0 Å². The van der Waals surface area contributed by atoms with Gasteiger partial charge in [-0.1, -0.05) is 0 Å². The first-order chi connectivity index (χ1) is 8.47. The highest BCUT2D eigenvalue weighted by molar-refractivity contribution is 5.87.